The third kappa shape index (κ3) is 2.08. The number of nitrogens with zero attached hydrogens (tertiary/aromatic N) is 3. The zero-order valence-electron chi connectivity index (χ0n) is 12.1. The van der Waals surface area contributed by atoms with E-state index in [1.165, 1.54) is 15.4 Å². The number of nitrogens with two attached hydrogens (primary N) is 1. The Morgan fingerprint density at radius 1 is 1.27 bits per heavy atom. The minimum absolute atomic E-state index is 0.137. The van der Waals surface area contributed by atoms with Crippen molar-refractivity contribution >= 4 is 10.2 Å². The van der Waals surface area contributed by atoms with Crippen molar-refractivity contribution in [2.45, 2.75) is 18.9 Å². The molecule has 116 valence electrons. The highest BCUT2D eigenvalue weighted by atomic mass is 32.2. The predicted octanol–water partition coefficient (Wildman–Crippen LogP) is 1.37. The SMILES string of the molecule is NS(=O)(=O)N1CCCC(C2c3ccccc3-c3cncn32)C1. The lowest BCUT2D eigenvalue weighted by atomic mass is 9.87. The summed E-state index contributed by atoms with van der Waals surface area (Å²) in [4.78, 5) is 4.26. The second kappa shape index (κ2) is 4.91. The quantitative estimate of drug-likeness (QED) is 0.908. The number of hydrogen-bond donors (Lipinski definition) is 1. The minimum atomic E-state index is -3.62. The first-order valence-corrected chi connectivity index (χ1v) is 8.95. The normalized spacial score (nSPS) is 25.0. The Hall–Kier alpha value is -1.70. The molecule has 2 aliphatic rings. The Morgan fingerprint density at radius 2 is 2.09 bits per heavy atom. The van der Waals surface area contributed by atoms with Crippen molar-refractivity contribution in [3.63, 3.8) is 0 Å². The first-order chi connectivity index (χ1) is 10.6. The molecule has 0 radical (unpaired) electrons. The summed E-state index contributed by atoms with van der Waals surface area (Å²) in [6.45, 7) is 0.982. The molecule has 3 heterocycles. The summed E-state index contributed by atoms with van der Waals surface area (Å²) < 4.78 is 26.9. The smallest absolute Gasteiger partial charge is 0.276 e. The van der Waals surface area contributed by atoms with Gasteiger partial charge in [0, 0.05) is 18.7 Å². The summed E-state index contributed by atoms with van der Waals surface area (Å²) in [5, 5.41) is 5.32. The minimum Gasteiger partial charge on any atom is -0.323 e. The average molecular weight is 318 g/mol. The molecule has 0 aliphatic carbocycles. The Morgan fingerprint density at radius 3 is 2.91 bits per heavy atom. The van der Waals surface area contributed by atoms with Gasteiger partial charge in [0.25, 0.3) is 10.2 Å². The predicted molar refractivity (Wildman–Crippen MR) is 83.2 cm³/mol. The second-order valence-electron chi connectivity index (χ2n) is 6.02. The molecule has 6 nitrogen and oxygen atoms in total. The van der Waals surface area contributed by atoms with Gasteiger partial charge in [-0.2, -0.15) is 12.7 Å². The van der Waals surface area contributed by atoms with Crippen LogP contribution in [0.2, 0.25) is 0 Å². The Balaban J connectivity index is 1.74. The van der Waals surface area contributed by atoms with E-state index in [9.17, 15) is 8.42 Å². The number of imidazole rings is 1. The molecule has 2 aliphatic heterocycles. The van der Waals surface area contributed by atoms with Gasteiger partial charge in [-0.15, -0.1) is 0 Å². The van der Waals surface area contributed by atoms with Crippen LogP contribution in [0.25, 0.3) is 11.3 Å². The van der Waals surface area contributed by atoms with Gasteiger partial charge in [-0.25, -0.2) is 10.1 Å². The van der Waals surface area contributed by atoms with Gasteiger partial charge in [-0.1, -0.05) is 24.3 Å². The molecule has 2 atom stereocenters. The van der Waals surface area contributed by atoms with E-state index < -0.39 is 10.2 Å². The van der Waals surface area contributed by atoms with Crippen LogP contribution in [0.15, 0.2) is 36.8 Å². The van der Waals surface area contributed by atoms with Crippen molar-refractivity contribution in [2.24, 2.45) is 11.1 Å². The van der Waals surface area contributed by atoms with E-state index in [-0.39, 0.29) is 12.0 Å². The van der Waals surface area contributed by atoms with Crippen molar-refractivity contribution in [3.8, 4) is 11.3 Å². The number of fused-ring (bicyclic) bond motifs is 3. The van der Waals surface area contributed by atoms with E-state index in [1.54, 1.807) is 0 Å². The van der Waals surface area contributed by atoms with Crippen LogP contribution >= 0.6 is 0 Å². The van der Waals surface area contributed by atoms with Crippen LogP contribution in [-0.2, 0) is 10.2 Å². The van der Waals surface area contributed by atoms with Crippen LogP contribution in [0.3, 0.4) is 0 Å². The van der Waals surface area contributed by atoms with E-state index in [0.29, 0.717) is 13.1 Å². The number of aromatic nitrogens is 2. The molecule has 2 aromatic rings. The van der Waals surface area contributed by atoms with E-state index in [2.05, 4.69) is 21.7 Å². The highest BCUT2D eigenvalue weighted by Crippen LogP contribution is 2.44. The molecule has 0 saturated carbocycles. The molecular weight excluding hydrogens is 300 g/mol. The summed E-state index contributed by atoms with van der Waals surface area (Å²) in [5.74, 6) is 0.212. The maximum absolute atomic E-state index is 11.7. The first kappa shape index (κ1) is 13.9. The molecule has 4 rings (SSSR count). The van der Waals surface area contributed by atoms with E-state index in [1.807, 2.05) is 24.7 Å². The van der Waals surface area contributed by atoms with Gasteiger partial charge in [0.15, 0.2) is 0 Å². The third-order valence-electron chi connectivity index (χ3n) is 4.75. The fourth-order valence-corrected chi connectivity index (χ4v) is 4.60. The highest BCUT2D eigenvalue weighted by Gasteiger charge is 2.38. The van der Waals surface area contributed by atoms with Gasteiger partial charge < -0.3 is 4.57 Å². The zero-order valence-corrected chi connectivity index (χ0v) is 12.9. The first-order valence-electron chi connectivity index (χ1n) is 7.44. The van der Waals surface area contributed by atoms with Crippen LogP contribution in [0.1, 0.15) is 24.4 Å². The summed E-state index contributed by atoms with van der Waals surface area (Å²) >= 11 is 0. The maximum Gasteiger partial charge on any atom is 0.276 e. The summed E-state index contributed by atoms with van der Waals surface area (Å²) in [6.07, 6.45) is 5.54. The molecular formula is C15H18N4O2S. The van der Waals surface area contributed by atoms with Crippen LogP contribution in [0.5, 0.6) is 0 Å². The monoisotopic (exact) mass is 318 g/mol. The lowest BCUT2D eigenvalue weighted by Crippen LogP contribution is -2.45. The highest BCUT2D eigenvalue weighted by molar-refractivity contribution is 7.86. The van der Waals surface area contributed by atoms with Crippen molar-refractivity contribution in [3.05, 3.63) is 42.4 Å². The standard InChI is InChI=1S/C15H18N4O2S/c16-22(20,21)18-7-3-4-11(9-18)15-13-6-2-1-5-12(13)14-8-17-10-19(14)15/h1-2,5-6,8,10-11,15H,3-4,7,9H2,(H2,16,20,21). The molecule has 2 N–H and O–H groups in total. The van der Waals surface area contributed by atoms with Crippen LogP contribution in [0.4, 0.5) is 0 Å². The van der Waals surface area contributed by atoms with Crippen LogP contribution in [0, 0.1) is 5.92 Å². The molecule has 22 heavy (non-hydrogen) atoms. The Kier molecular flexibility index (Phi) is 3.11. The molecule has 0 amide bonds. The number of benzene rings is 1. The van der Waals surface area contributed by atoms with Crippen molar-refractivity contribution < 1.29 is 8.42 Å². The van der Waals surface area contributed by atoms with Gasteiger partial charge >= 0.3 is 0 Å². The summed E-state index contributed by atoms with van der Waals surface area (Å²) in [7, 11) is -3.62. The Bertz CT molecular complexity index is 814. The topological polar surface area (TPSA) is 81.2 Å². The van der Waals surface area contributed by atoms with Crippen molar-refractivity contribution in [2.75, 3.05) is 13.1 Å². The Labute approximate surface area is 129 Å². The lowest BCUT2D eigenvalue weighted by Gasteiger charge is -2.34. The van der Waals surface area contributed by atoms with Crippen molar-refractivity contribution in [1.82, 2.24) is 13.9 Å². The van der Waals surface area contributed by atoms with Gasteiger partial charge in [-0.05, 0) is 24.3 Å². The molecule has 0 bridgehead atoms. The molecule has 7 heteroatoms. The van der Waals surface area contributed by atoms with E-state index >= 15 is 0 Å². The zero-order chi connectivity index (χ0) is 15.3. The number of hydrogen-bond acceptors (Lipinski definition) is 3. The van der Waals surface area contributed by atoms with Gasteiger partial charge in [-0.3, -0.25) is 0 Å². The lowest BCUT2D eigenvalue weighted by molar-refractivity contribution is 0.225. The van der Waals surface area contributed by atoms with Gasteiger partial charge in [0.2, 0.25) is 0 Å². The molecule has 1 aromatic carbocycles. The molecule has 1 aromatic heterocycles. The van der Waals surface area contributed by atoms with Gasteiger partial charge in [0.05, 0.1) is 24.3 Å². The fourth-order valence-electron chi connectivity index (χ4n) is 3.82. The van der Waals surface area contributed by atoms with E-state index in [0.717, 1.165) is 18.5 Å². The van der Waals surface area contributed by atoms with Crippen molar-refractivity contribution in [1.29, 1.82) is 0 Å². The molecule has 2 unspecified atom stereocenters. The molecule has 1 fully saturated rings. The molecule has 1 saturated heterocycles. The fraction of sp³-hybridized carbons (Fsp3) is 0.400. The summed E-state index contributed by atoms with van der Waals surface area (Å²) in [6, 6.07) is 8.42. The van der Waals surface area contributed by atoms with Gasteiger partial charge in [0.1, 0.15) is 0 Å². The molecule has 0 spiro atoms. The number of piperidine rings is 1. The summed E-state index contributed by atoms with van der Waals surface area (Å²) in [5.41, 5.74) is 3.55. The van der Waals surface area contributed by atoms with Crippen LogP contribution in [-0.4, -0.2) is 35.4 Å². The largest absolute Gasteiger partial charge is 0.323 e. The van der Waals surface area contributed by atoms with Crippen LogP contribution < -0.4 is 5.14 Å². The average Bonchev–Trinajstić information content (AvgIpc) is 3.06. The maximum atomic E-state index is 11.7. The second-order valence-corrected chi connectivity index (χ2v) is 7.57. The number of rotatable bonds is 2. The third-order valence-corrected chi connectivity index (χ3v) is 5.80. The van der Waals surface area contributed by atoms with E-state index in [4.69, 9.17) is 5.14 Å².